The third-order valence-electron chi connectivity index (χ3n) is 5.51. The van der Waals surface area contributed by atoms with Crippen molar-refractivity contribution >= 4 is 43.7 Å². The van der Waals surface area contributed by atoms with Crippen molar-refractivity contribution in [3.63, 3.8) is 0 Å². The van der Waals surface area contributed by atoms with Crippen LogP contribution in [0.4, 0.5) is 5.13 Å². The molecule has 31 heavy (non-hydrogen) atoms. The molecule has 0 bridgehead atoms. The van der Waals surface area contributed by atoms with Crippen LogP contribution in [-0.2, 0) is 14.8 Å². The molecule has 1 aliphatic heterocycles. The number of thiazole rings is 1. The number of amides is 1. The summed E-state index contributed by atoms with van der Waals surface area (Å²) in [6.07, 6.45) is 1.32. The van der Waals surface area contributed by atoms with Crippen molar-refractivity contribution in [3.8, 4) is 11.3 Å². The van der Waals surface area contributed by atoms with Gasteiger partial charge < -0.3 is 5.32 Å². The number of carbonyl (C=O) groups excluding carboxylic acids is 1. The minimum absolute atomic E-state index is 0.177. The fourth-order valence-electron chi connectivity index (χ4n) is 4.15. The fraction of sp³-hybridized carbons (Fsp3) is 0.364. The van der Waals surface area contributed by atoms with E-state index in [0.717, 1.165) is 22.4 Å². The molecule has 9 heteroatoms. The molecule has 3 aromatic rings. The number of sulfonamides is 1. The predicted octanol–water partition coefficient (Wildman–Crippen LogP) is 4.84. The summed E-state index contributed by atoms with van der Waals surface area (Å²) in [7, 11) is -3.54. The van der Waals surface area contributed by atoms with Crippen molar-refractivity contribution in [2.24, 2.45) is 5.92 Å². The number of benzene rings is 1. The van der Waals surface area contributed by atoms with E-state index < -0.39 is 15.9 Å². The van der Waals surface area contributed by atoms with E-state index in [2.05, 4.69) is 43.2 Å². The first-order chi connectivity index (χ1) is 14.8. The van der Waals surface area contributed by atoms with Gasteiger partial charge in [0.1, 0.15) is 4.21 Å². The van der Waals surface area contributed by atoms with Crippen molar-refractivity contribution in [2.75, 3.05) is 18.4 Å². The minimum Gasteiger partial charge on any atom is -0.302 e. The van der Waals surface area contributed by atoms with Crippen LogP contribution < -0.4 is 5.32 Å². The van der Waals surface area contributed by atoms with Gasteiger partial charge in [-0.05, 0) is 56.2 Å². The van der Waals surface area contributed by atoms with Gasteiger partial charge in [-0.3, -0.25) is 4.79 Å². The van der Waals surface area contributed by atoms with Crippen LogP contribution in [0.1, 0.15) is 29.5 Å². The molecule has 164 valence electrons. The Morgan fingerprint density at radius 1 is 1.19 bits per heavy atom. The highest BCUT2D eigenvalue weighted by Crippen LogP contribution is 2.32. The second-order valence-corrected chi connectivity index (χ2v) is 11.9. The van der Waals surface area contributed by atoms with Crippen LogP contribution in [0.3, 0.4) is 0 Å². The highest BCUT2D eigenvalue weighted by molar-refractivity contribution is 7.91. The number of aryl methyl sites for hydroxylation is 3. The Hall–Kier alpha value is -2.07. The number of rotatable bonds is 5. The topological polar surface area (TPSA) is 79.4 Å². The standard InChI is InChI=1S/C22H25N3O3S3/c1-14-10-15(2)20(16(3)11-14)18-13-30-22(23-18)24-21(26)17-6-4-8-25(12-17)31(27,28)19-7-5-9-29-19/h5,7,9-11,13,17H,4,6,8,12H2,1-3H3,(H,23,24,26). The third kappa shape index (κ3) is 4.59. The molecule has 1 aliphatic rings. The van der Waals surface area contributed by atoms with Crippen LogP contribution >= 0.6 is 22.7 Å². The molecule has 0 aliphatic carbocycles. The molecule has 1 saturated heterocycles. The van der Waals surface area contributed by atoms with E-state index in [9.17, 15) is 13.2 Å². The summed E-state index contributed by atoms with van der Waals surface area (Å²) < 4.78 is 27.4. The van der Waals surface area contributed by atoms with Gasteiger partial charge >= 0.3 is 0 Å². The Morgan fingerprint density at radius 2 is 1.94 bits per heavy atom. The average Bonchev–Trinajstić information content (AvgIpc) is 3.40. The number of nitrogens with one attached hydrogen (secondary N) is 1. The molecule has 1 aromatic carbocycles. The van der Waals surface area contributed by atoms with Crippen LogP contribution in [-0.4, -0.2) is 36.7 Å². The second kappa shape index (κ2) is 8.82. The van der Waals surface area contributed by atoms with E-state index in [1.165, 1.54) is 32.5 Å². The summed E-state index contributed by atoms with van der Waals surface area (Å²) in [5, 5.41) is 7.15. The Kier molecular flexibility index (Phi) is 6.30. The summed E-state index contributed by atoms with van der Waals surface area (Å²) in [5.41, 5.74) is 5.46. The summed E-state index contributed by atoms with van der Waals surface area (Å²) in [6.45, 7) is 6.84. The van der Waals surface area contributed by atoms with Gasteiger partial charge in [0.05, 0.1) is 11.6 Å². The van der Waals surface area contributed by atoms with Crippen LogP contribution in [0.5, 0.6) is 0 Å². The number of carbonyl (C=O) groups is 1. The molecule has 1 fully saturated rings. The molecule has 6 nitrogen and oxygen atoms in total. The van der Waals surface area contributed by atoms with Crippen LogP contribution in [0, 0.1) is 26.7 Å². The SMILES string of the molecule is Cc1cc(C)c(-c2csc(NC(=O)C3CCCN(S(=O)(=O)c4cccs4)C3)n2)c(C)c1. The van der Waals surface area contributed by atoms with Crippen LogP contribution in [0.2, 0.25) is 0 Å². The minimum atomic E-state index is -3.54. The van der Waals surface area contributed by atoms with Gasteiger partial charge in [0, 0.05) is 24.0 Å². The summed E-state index contributed by atoms with van der Waals surface area (Å²) in [4.78, 5) is 17.5. The first kappa shape index (κ1) is 22.1. The summed E-state index contributed by atoms with van der Waals surface area (Å²) in [6, 6.07) is 7.59. The Morgan fingerprint density at radius 3 is 2.61 bits per heavy atom. The smallest absolute Gasteiger partial charge is 0.252 e. The second-order valence-electron chi connectivity index (χ2n) is 7.94. The van der Waals surface area contributed by atoms with Gasteiger partial charge in [0.2, 0.25) is 5.91 Å². The largest absolute Gasteiger partial charge is 0.302 e. The lowest BCUT2D eigenvalue weighted by Gasteiger charge is -2.30. The van der Waals surface area contributed by atoms with Crippen molar-refractivity contribution in [3.05, 3.63) is 51.7 Å². The Labute approximate surface area is 191 Å². The molecular weight excluding hydrogens is 450 g/mol. The zero-order chi connectivity index (χ0) is 22.2. The van der Waals surface area contributed by atoms with E-state index in [4.69, 9.17) is 0 Å². The molecule has 1 amide bonds. The number of thiophene rings is 1. The van der Waals surface area contributed by atoms with Gasteiger partial charge in [0.25, 0.3) is 10.0 Å². The van der Waals surface area contributed by atoms with Crippen molar-refractivity contribution in [2.45, 2.75) is 37.8 Å². The maximum Gasteiger partial charge on any atom is 0.252 e. The van der Waals surface area contributed by atoms with E-state index >= 15 is 0 Å². The first-order valence-corrected chi connectivity index (χ1v) is 13.3. The van der Waals surface area contributed by atoms with Crippen molar-refractivity contribution < 1.29 is 13.2 Å². The molecule has 0 saturated carbocycles. The molecule has 1 unspecified atom stereocenters. The molecule has 4 rings (SSSR count). The quantitative estimate of drug-likeness (QED) is 0.573. The maximum atomic E-state index is 12.9. The lowest BCUT2D eigenvalue weighted by atomic mass is 9.98. The zero-order valence-electron chi connectivity index (χ0n) is 17.7. The van der Waals surface area contributed by atoms with Crippen molar-refractivity contribution in [1.29, 1.82) is 0 Å². The highest BCUT2D eigenvalue weighted by atomic mass is 32.2. The molecule has 1 atom stereocenters. The van der Waals surface area contributed by atoms with E-state index in [1.807, 2.05) is 5.38 Å². The zero-order valence-corrected chi connectivity index (χ0v) is 20.2. The van der Waals surface area contributed by atoms with Gasteiger partial charge in [-0.15, -0.1) is 22.7 Å². The highest BCUT2D eigenvalue weighted by Gasteiger charge is 2.34. The number of anilines is 1. The maximum absolute atomic E-state index is 12.9. The number of aromatic nitrogens is 1. The normalized spacial score (nSPS) is 17.6. The van der Waals surface area contributed by atoms with Crippen molar-refractivity contribution in [1.82, 2.24) is 9.29 Å². The van der Waals surface area contributed by atoms with Crippen LogP contribution in [0.15, 0.2) is 39.2 Å². The average molecular weight is 476 g/mol. The first-order valence-electron chi connectivity index (χ1n) is 10.1. The molecule has 0 radical (unpaired) electrons. The summed E-state index contributed by atoms with van der Waals surface area (Å²) >= 11 is 2.59. The van der Waals surface area contributed by atoms with Crippen LogP contribution in [0.25, 0.3) is 11.3 Å². The molecule has 3 heterocycles. The van der Waals surface area contributed by atoms with Gasteiger partial charge in [-0.25, -0.2) is 13.4 Å². The third-order valence-corrected chi connectivity index (χ3v) is 9.51. The molecule has 2 aromatic heterocycles. The molecular formula is C22H25N3O3S3. The number of hydrogen-bond acceptors (Lipinski definition) is 6. The number of piperidine rings is 1. The number of nitrogens with zero attached hydrogens (tertiary/aromatic N) is 2. The Balaban J connectivity index is 1.47. The van der Waals surface area contributed by atoms with E-state index in [1.54, 1.807) is 17.5 Å². The predicted molar refractivity (Wildman–Crippen MR) is 126 cm³/mol. The lowest BCUT2D eigenvalue weighted by molar-refractivity contribution is -0.120. The number of hydrogen-bond donors (Lipinski definition) is 1. The van der Waals surface area contributed by atoms with E-state index in [-0.39, 0.29) is 12.5 Å². The van der Waals surface area contributed by atoms with Gasteiger partial charge in [-0.1, -0.05) is 23.8 Å². The monoisotopic (exact) mass is 475 g/mol. The molecule has 0 spiro atoms. The van der Waals surface area contributed by atoms with Gasteiger partial charge in [-0.2, -0.15) is 4.31 Å². The van der Waals surface area contributed by atoms with Gasteiger partial charge in [0.15, 0.2) is 5.13 Å². The fourth-order valence-corrected chi connectivity index (χ4v) is 7.52. The summed E-state index contributed by atoms with van der Waals surface area (Å²) in [5.74, 6) is -0.567. The molecule has 1 N–H and O–H groups in total. The van der Waals surface area contributed by atoms with E-state index in [0.29, 0.717) is 28.7 Å². The Bertz CT molecular complexity index is 1180. The lowest BCUT2D eigenvalue weighted by Crippen LogP contribution is -2.43.